The standard InChI is InChI=1S/C17H22N4O3/c1-3-16(22)18-10-15-19-12-7-8-20(11-13(12)21(15)4-2)17(23)14-6-5-9-24-14/h5-6,9H,3-4,7-8,10-11H2,1-2H3,(H,18,22). The number of carbonyl (C=O) groups is 2. The van der Waals surface area contributed by atoms with Gasteiger partial charge in [-0.15, -0.1) is 0 Å². The summed E-state index contributed by atoms with van der Waals surface area (Å²) in [5.41, 5.74) is 2.06. The van der Waals surface area contributed by atoms with Crippen LogP contribution in [0.5, 0.6) is 0 Å². The van der Waals surface area contributed by atoms with E-state index >= 15 is 0 Å². The van der Waals surface area contributed by atoms with Crippen molar-refractivity contribution in [3.63, 3.8) is 0 Å². The van der Waals surface area contributed by atoms with Crippen LogP contribution in [0, 0.1) is 0 Å². The summed E-state index contributed by atoms with van der Waals surface area (Å²) in [5, 5.41) is 2.87. The van der Waals surface area contributed by atoms with Crippen LogP contribution in [0.4, 0.5) is 0 Å². The van der Waals surface area contributed by atoms with E-state index in [0.29, 0.717) is 38.2 Å². The number of amides is 2. The Kier molecular flexibility index (Phi) is 4.69. The fourth-order valence-corrected chi connectivity index (χ4v) is 3.01. The lowest BCUT2D eigenvalue weighted by Crippen LogP contribution is -2.36. The summed E-state index contributed by atoms with van der Waals surface area (Å²) in [4.78, 5) is 30.4. The normalized spacial score (nSPS) is 13.7. The molecule has 3 rings (SSSR count). The number of nitrogens with one attached hydrogen (secondary N) is 1. The first-order valence-electron chi connectivity index (χ1n) is 8.30. The van der Waals surface area contributed by atoms with E-state index in [4.69, 9.17) is 4.42 Å². The van der Waals surface area contributed by atoms with Crippen molar-refractivity contribution >= 4 is 11.8 Å². The van der Waals surface area contributed by atoms with Crippen molar-refractivity contribution in [2.75, 3.05) is 6.54 Å². The molecular formula is C17H22N4O3. The predicted octanol–water partition coefficient (Wildman–Crippen LogP) is 1.72. The fraction of sp³-hybridized carbons (Fsp3) is 0.471. The molecule has 0 spiro atoms. The van der Waals surface area contributed by atoms with Crippen LogP contribution in [-0.4, -0.2) is 32.8 Å². The van der Waals surface area contributed by atoms with Crippen molar-refractivity contribution in [1.29, 1.82) is 0 Å². The third-order valence-corrected chi connectivity index (χ3v) is 4.29. The van der Waals surface area contributed by atoms with E-state index in [1.807, 2.05) is 13.8 Å². The van der Waals surface area contributed by atoms with Crippen molar-refractivity contribution in [1.82, 2.24) is 19.8 Å². The average molecular weight is 330 g/mol. The summed E-state index contributed by atoms with van der Waals surface area (Å²) in [5.74, 6) is 1.11. The maximum absolute atomic E-state index is 12.5. The van der Waals surface area contributed by atoms with Gasteiger partial charge >= 0.3 is 0 Å². The largest absolute Gasteiger partial charge is 0.459 e. The van der Waals surface area contributed by atoms with Gasteiger partial charge in [0.1, 0.15) is 5.82 Å². The van der Waals surface area contributed by atoms with Gasteiger partial charge in [-0.2, -0.15) is 0 Å². The number of hydrogen-bond donors (Lipinski definition) is 1. The molecule has 0 aliphatic carbocycles. The predicted molar refractivity (Wildman–Crippen MR) is 87.2 cm³/mol. The first kappa shape index (κ1) is 16.3. The molecule has 0 fully saturated rings. The van der Waals surface area contributed by atoms with Gasteiger partial charge in [-0.05, 0) is 19.1 Å². The smallest absolute Gasteiger partial charge is 0.289 e. The van der Waals surface area contributed by atoms with Crippen molar-refractivity contribution in [2.45, 2.75) is 46.3 Å². The summed E-state index contributed by atoms with van der Waals surface area (Å²) in [6.07, 6.45) is 2.68. The quantitative estimate of drug-likeness (QED) is 0.905. The molecule has 128 valence electrons. The monoisotopic (exact) mass is 330 g/mol. The third kappa shape index (κ3) is 3.06. The Morgan fingerprint density at radius 3 is 2.88 bits per heavy atom. The van der Waals surface area contributed by atoms with Crippen molar-refractivity contribution in [3.8, 4) is 0 Å². The minimum absolute atomic E-state index is 0.00764. The highest BCUT2D eigenvalue weighted by atomic mass is 16.3. The number of furan rings is 1. The van der Waals surface area contributed by atoms with Gasteiger partial charge in [-0.25, -0.2) is 4.98 Å². The van der Waals surface area contributed by atoms with E-state index in [1.54, 1.807) is 17.0 Å². The molecule has 2 amide bonds. The zero-order chi connectivity index (χ0) is 17.1. The van der Waals surface area contributed by atoms with Crippen LogP contribution in [0.3, 0.4) is 0 Å². The highest BCUT2D eigenvalue weighted by molar-refractivity contribution is 5.91. The van der Waals surface area contributed by atoms with Crippen LogP contribution in [0.1, 0.15) is 48.0 Å². The van der Waals surface area contributed by atoms with E-state index in [0.717, 1.165) is 23.8 Å². The van der Waals surface area contributed by atoms with E-state index in [2.05, 4.69) is 14.9 Å². The molecule has 2 aromatic heterocycles. The molecule has 1 aliphatic rings. The van der Waals surface area contributed by atoms with Gasteiger partial charge in [0.2, 0.25) is 5.91 Å². The van der Waals surface area contributed by atoms with Gasteiger partial charge in [0.05, 0.1) is 30.7 Å². The van der Waals surface area contributed by atoms with Gasteiger partial charge in [0.25, 0.3) is 5.91 Å². The summed E-state index contributed by atoms with van der Waals surface area (Å²) in [6.45, 7) is 6.17. The van der Waals surface area contributed by atoms with Crippen molar-refractivity contribution in [3.05, 3.63) is 41.4 Å². The molecular weight excluding hydrogens is 308 g/mol. The molecule has 7 nitrogen and oxygen atoms in total. The second-order valence-corrected chi connectivity index (χ2v) is 5.75. The summed E-state index contributed by atoms with van der Waals surface area (Å²) >= 11 is 0. The molecule has 0 saturated heterocycles. The highest BCUT2D eigenvalue weighted by Crippen LogP contribution is 2.22. The Morgan fingerprint density at radius 1 is 1.38 bits per heavy atom. The maximum Gasteiger partial charge on any atom is 0.289 e. The first-order valence-corrected chi connectivity index (χ1v) is 8.30. The minimum Gasteiger partial charge on any atom is -0.459 e. The number of carbonyl (C=O) groups excluding carboxylic acids is 2. The molecule has 0 aromatic carbocycles. The van der Waals surface area contributed by atoms with Crippen LogP contribution in [0.25, 0.3) is 0 Å². The molecule has 0 atom stereocenters. The van der Waals surface area contributed by atoms with Gasteiger partial charge < -0.3 is 19.2 Å². The molecule has 1 aliphatic heterocycles. The Labute approximate surface area is 140 Å². The number of nitrogens with zero attached hydrogens (tertiary/aromatic N) is 3. The summed E-state index contributed by atoms with van der Waals surface area (Å²) in [7, 11) is 0. The van der Waals surface area contributed by atoms with Crippen molar-refractivity contribution in [2.24, 2.45) is 0 Å². The molecule has 0 unspecified atom stereocenters. The van der Waals surface area contributed by atoms with Crippen LogP contribution < -0.4 is 5.32 Å². The number of rotatable bonds is 5. The highest BCUT2D eigenvalue weighted by Gasteiger charge is 2.28. The number of imidazole rings is 1. The van der Waals surface area contributed by atoms with E-state index in [1.165, 1.54) is 6.26 Å². The Morgan fingerprint density at radius 2 is 2.21 bits per heavy atom. The molecule has 0 bridgehead atoms. The van der Waals surface area contributed by atoms with E-state index in [-0.39, 0.29) is 11.8 Å². The first-order chi connectivity index (χ1) is 11.6. The molecule has 0 radical (unpaired) electrons. The second kappa shape index (κ2) is 6.90. The van der Waals surface area contributed by atoms with Crippen LogP contribution in [-0.2, 0) is 30.8 Å². The van der Waals surface area contributed by atoms with E-state index in [9.17, 15) is 9.59 Å². The van der Waals surface area contributed by atoms with Crippen LogP contribution in [0.15, 0.2) is 22.8 Å². The topological polar surface area (TPSA) is 80.4 Å². The fourth-order valence-electron chi connectivity index (χ4n) is 3.01. The number of aromatic nitrogens is 2. The molecule has 3 heterocycles. The molecule has 24 heavy (non-hydrogen) atoms. The molecule has 0 saturated carbocycles. The Balaban J connectivity index is 1.79. The zero-order valence-corrected chi connectivity index (χ0v) is 14.0. The summed E-state index contributed by atoms with van der Waals surface area (Å²) < 4.78 is 7.30. The van der Waals surface area contributed by atoms with Crippen LogP contribution >= 0.6 is 0 Å². The van der Waals surface area contributed by atoms with Crippen LogP contribution in [0.2, 0.25) is 0 Å². The SMILES string of the molecule is CCC(=O)NCc1nc2c(n1CC)CN(C(=O)c1ccco1)CC2. The van der Waals surface area contributed by atoms with Crippen molar-refractivity contribution < 1.29 is 14.0 Å². The number of hydrogen-bond acceptors (Lipinski definition) is 4. The number of fused-ring (bicyclic) bond motifs is 1. The molecule has 7 heteroatoms. The van der Waals surface area contributed by atoms with Gasteiger partial charge in [-0.3, -0.25) is 9.59 Å². The van der Waals surface area contributed by atoms with Gasteiger partial charge in [0, 0.05) is 25.9 Å². The Bertz CT molecular complexity index is 733. The summed E-state index contributed by atoms with van der Waals surface area (Å²) in [6, 6.07) is 3.40. The Hall–Kier alpha value is -2.57. The maximum atomic E-state index is 12.5. The third-order valence-electron chi connectivity index (χ3n) is 4.29. The zero-order valence-electron chi connectivity index (χ0n) is 14.0. The minimum atomic E-state index is -0.102. The lowest BCUT2D eigenvalue weighted by Gasteiger charge is -2.26. The second-order valence-electron chi connectivity index (χ2n) is 5.75. The van der Waals surface area contributed by atoms with E-state index < -0.39 is 0 Å². The lowest BCUT2D eigenvalue weighted by molar-refractivity contribution is -0.120. The average Bonchev–Trinajstić information content (AvgIpc) is 3.25. The lowest BCUT2D eigenvalue weighted by atomic mass is 10.1. The molecule has 1 N–H and O–H groups in total. The van der Waals surface area contributed by atoms with Gasteiger partial charge in [0.15, 0.2) is 5.76 Å². The molecule has 2 aromatic rings. The van der Waals surface area contributed by atoms with Gasteiger partial charge in [-0.1, -0.05) is 6.92 Å².